The van der Waals surface area contributed by atoms with Gasteiger partial charge in [0, 0.05) is 18.7 Å². The van der Waals surface area contributed by atoms with Crippen molar-refractivity contribution in [3.8, 4) is 0 Å². The van der Waals surface area contributed by atoms with Crippen molar-refractivity contribution in [1.29, 1.82) is 0 Å². The first kappa shape index (κ1) is 17.0. The molecule has 0 aliphatic carbocycles. The number of hydrogen-bond donors (Lipinski definition) is 0. The van der Waals surface area contributed by atoms with Crippen LogP contribution < -0.4 is 4.98 Å². The van der Waals surface area contributed by atoms with Crippen molar-refractivity contribution in [1.82, 2.24) is 4.98 Å². The molecule has 6 heteroatoms. The molecule has 0 saturated heterocycles. The van der Waals surface area contributed by atoms with Crippen molar-refractivity contribution in [3.05, 3.63) is 29.3 Å². The van der Waals surface area contributed by atoms with Crippen LogP contribution in [0.25, 0.3) is 5.32 Å². The van der Waals surface area contributed by atoms with Gasteiger partial charge >= 0.3 is 22.4 Å². The Bertz CT molecular complexity index is 363. The molecule has 0 aliphatic heterocycles. The van der Waals surface area contributed by atoms with Crippen molar-refractivity contribution in [3.63, 3.8) is 0 Å². The summed E-state index contributed by atoms with van der Waals surface area (Å²) in [6, 6.07) is 3.85. The predicted octanol–water partition coefficient (Wildman–Crippen LogP) is 1.84. The van der Waals surface area contributed by atoms with Crippen LogP contribution in [0.1, 0.15) is 26.0 Å². The summed E-state index contributed by atoms with van der Waals surface area (Å²) < 4.78 is 8.22. The quantitative estimate of drug-likeness (QED) is 0.564. The Kier molecular flexibility index (Phi) is 10.5. The molecule has 0 amide bonds. The molecule has 0 atom stereocenters. The van der Waals surface area contributed by atoms with Crippen LogP contribution in [0, 0.1) is 0 Å². The summed E-state index contributed by atoms with van der Waals surface area (Å²) in [6.45, 7) is 5.43. The van der Waals surface area contributed by atoms with Crippen LogP contribution >= 0.6 is 0 Å². The second-order valence-electron chi connectivity index (χ2n) is 3.73. The topological polar surface area (TPSA) is 74.7 Å². The molecule has 0 saturated carbocycles. The van der Waals surface area contributed by atoms with Crippen molar-refractivity contribution in [2.45, 2.75) is 26.8 Å². The zero-order valence-corrected chi connectivity index (χ0v) is 12.5. The second kappa shape index (κ2) is 11.1. The molecule has 0 bridgehead atoms. The van der Waals surface area contributed by atoms with E-state index in [4.69, 9.17) is 3.50 Å². The van der Waals surface area contributed by atoms with Crippen LogP contribution in [0.5, 0.6) is 0 Å². The van der Waals surface area contributed by atoms with Gasteiger partial charge in [-0.3, -0.25) is 9.79 Å². The minimum atomic E-state index is 0.152. The Hall–Kier alpha value is -0.971. The van der Waals surface area contributed by atoms with E-state index in [9.17, 15) is 4.79 Å². The Morgan fingerprint density at radius 2 is 2.17 bits per heavy atom. The van der Waals surface area contributed by atoms with E-state index in [1.165, 1.54) is 0 Å². The van der Waals surface area contributed by atoms with Crippen LogP contribution in [0.4, 0.5) is 0 Å². The average Bonchev–Trinajstić information content (AvgIpc) is 2.83. The maximum atomic E-state index is 10.8. The Morgan fingerprint density at radius 1 is 1.44 bits per heavy atom. The van der Waals surface area contributed by atoms with E-state index in [0.717, 1.165) is 30.3 Å². The molecule has 1 aromatic heterocycles. The molecule has 0 aromatic carbocycles. The fraction of sp³-hybridized carbons (Fsp3) is 0.500. The molecular weight excluding hydrogens is 317 g/mol. The Morgan fingerprint density at radius 3 is 2.72 bits per heavy atom. The molecule has 0 unspecified atom stereocenters. The fourth-order valence-corrected chi connectivity index (χ4v) is 1.35. The van der Waals surface area contributed by atoms with E-state index in [1.807, 2.05) is 19.1 Å². The van der Waals surface area contributed by atoms with E-state index >= 15 is 0 Å². The molecule has 0 spiro atoms. The standard InChI is InChI=1S/C12H17N3O.O.Tc/c1-10(8-11(2)16)14-7-6-13-9-12-4-3-5-15-12;;/h3-5H,6-9H2,1-2H3;;/q-2;;+5/i;;1+1. The van der Waals surface area contributed by atoms with Crippen molar-refractivity contribution in [2.24, 2.45) is 4.99 Å². The molecule has 0 N–H and O–H groups in total. The number of carbonyl (C=O) groups excluding carboxylic acids is 1. The molecule has 5 nitrogen and oxygen atoms in total. The number of Topliss-reactive ketones (excluding diaryl/α,β-unsaturated/α-hetero) is 1. The maximum absolute atomic E-state index is 10.8. The molecule has 1 heterocycles. The molecular formula is C12H17N3O2Tc+3. The molecule has 18 heavy (non-hydrogen) atoms. The van der Waals surface area contributed by atoms with E-state index in [2.05, 4.69) is 15.3 Å². The van der Waals surface area contributed by atoms with Crippen LogP contribution in [-0.4, -0.2) is 24.6 Å². The Balaban J connectivity index is 0.00000137. The number of ketones is 1. The van der Waals surface area contributed by atoms with Crippen molar-refractivity contribution >= 4 is 11.5 Å². The second-order valence-corrected chi connectivity index (χ2v) is 3.73. The summed E-state index contributed by atoms with van der Waals surface area (Å²) in [5.41, 5.74) is 1.87. The fourth-order valence-electron chi connectivity index (χ4n) is 1.35. The number of aromatic nitrogens is 1. The van der Waals surface area contributed by atoms with Gasteiger partial charge in [-0.25, -0.2) is 0 Å². The van der Waals surface area contributed by atoms with Crippen LogP contribution in [0.15, 0.2) is 23.3 Å². The van der Waals surface area contributed by atoms with Gasteiger partial charge in [0.25, 0.3) is 0 Å². The van der Waals surface area contributed by atoms with E-state index < -0.39 is 0 Å². The number of nitrogens with zero attached hydrogens (tertiary/aromatic N) is 3. The van der Waals surface area contributed by atoms with Gasteiger partial charge in [0.15, 0.2) is 0 Å². The van der Waals surface area contributed by atoms with E-state index in [-0.39, 0.29) is 5.78 Å². The zero-order chi connectivity index (χ0) is 13.8. The van der Waals surface area contributed by atoms with Crippen molar-refractivity contribution < 1.29 is 27.2 Å². The van der Waals surface area contributed by atoms with Gasteiger partial charge in [0.2, 0.25) is 0 Å². The zero-order valence-electron chi connectivity index (χ0n) is 10.6. The summed E-state index contributed by atoms with van der Waals surface area (Å²) in [6.07, 6.45) is 2.21. The number of rotatable bonds is 7. The molecule has 0 fully saturated rings. The van der Waals surface area contributed by atoms with Gasteiger partial charge in [0.05, 0.1) is 0 Å². The van der Waals surface area contributed by atoms with Crippen LogP contribution in [0.2, 0.25) is 0 Å². The summed E-state index contributed by atoms with van der Waals surface area (Å²) >= 11 is 0.900. The SMILES string of the molecule is CC(=O)CC(C)=NCC[N-]Cc1ccc[n-]1.[O]=[99Tc+5]. The summed E-state index contributed by atoms with van der Waals surface area (Å²) in [4.78, 5) is 19.2. The average molecular weight is 334 g/mol. The van der Waals surface area contributed by atoms with Crippen molar-refractivity contribution in [2.75, 3.05) is 13.1 Å². The molecule has 1 rings (SSSR count). The molecule has 0 radical (unpaired) electrons. The van der Waals surface area contributed by atoms with Crippen LogP contribution in [0.3, 0.4) is 0 Å². The summed E-state index contributed by atoms with van der Waals surface area (Å²) in [5, 5.41) is 4.31. The summed E-state index contributed by atoms with van der Waals surface area (Å²) in [7, 11) is 0. The van der Waals surface area contributed by atoms with E-state index in [1.54, 1.807) is 13.1 Å². The van der Waals surface area contributed by atoms with Crippen LogP contribution in [-0.2, 0) is 33.7 Å². The summed E-state index contributed by atoms with van der Waals surface area (Å²) in [5.74, 6) is 0.152. The van der Waals surface area contributed by atoms with Gasteiger partial charge in [-0.2, -0.15) is 11.9 Å². The third-order valence-electron chi connectivity index (χ3n) is 2.03. The first-order valence-corrected chi connectivity index (χ1v) is 6.29. The van der Waals surface area contributed by atoms with E-state index in [0.29, 0.717) is 26.1 Å². The monoisotopic (exact) mass is 334 g/mol. The molecule has 1 aromatic rings. The molecule has 96 valence electrons. The molecule has 0 aliphatic rings. The van der Waals surface area contributed by atoms with Gasteiger partial charge in [-0.1, -0.05) is 12.1 Å². The van der Waals surface area contributed by atoms with Gasteiger partial charge in [0.1, 0.15) is 5.78 Å². The third kappa shape index (κ3) is 9.10. The first-order valence-electron chi connectivity index (χ1n) is 5.53. The normalized spacial score (nSPS) is 10.8. The Labute approximate surface area is 118 Å². The van der Waals surface area contributed by atoms with Gasteiger partial charge < -0.3 is 10.3 Å². The first-order chi connectivity index (χ1) is 8.68. The number of carbonyl (C=O) groups is 1. The minimum absolute atomic E-state index is 0.152. The number of aliphatic imine (C=N–C) groups is 1. The third-order valence-corrected chi connectivity index (χ3v) is 2.03. The van der Waals surface area contributed by atoms with Gasteiger partial charge in [-0.15, -0.1) is 13.1 Å². The number of hydrogen-bond acceptors (Lipinski definition) is 3. The van der Waals surface area contributed by atoms with Gasteiger partial charge in [-0.05, 0) is 13.8 Å². The predicted molar refractivity (Wildman–Crippen MR) is 65.7 cm³/mol.